The number of nitro benzene ring substituents is 1. The monoisotopic (exact) mass is 480 g/mol. The number of non-ortho nitro benzene ring substituents is 1. The lowest BCUT2D eigenvalue weighted by Gasteiger charge is -2.25. The number of hydrogen-bond donors (Lipinski definition) is 1. The van der Waals surface area contributed by atoms with E-state index in [1.165, 1.54) is 22.5 Å². The number of amides is 1. The highest BCUT2D eigenvalue weighted by Crippen LogP contribution is 2.31. The van der Waals surface area contributed by atoms with Gasteiger partial charge in [-0.15, -0.1) is 0 Å². The number of nitro groups is 1. The molecule has 1 aliphatic heterocycles. The second-order valence-electron chi connectivity index (χ2n) is 6.99. The first-order valence-electron chi connectivity index (χ1n) is 9.42. The molecule has 0 atom stereocenters. The average Bonchev–Trinajstić information content (AvgIpc) is 3.15. The third-order valence-electron chi connectivity index (χ3n) is 4.94. The fourth-order valence-electron chi connectivity index (χ4n) is 3.34. The molecule has 2 heterocycles. The fourth-order valence-corrected chi connectivity index (χ4v) is 6.06. The van der Waals surface area contributed by atoms with Gasteiger partial charge in [0.05, 0.1) is 30.6 Å². The van der Waals surface area contributed by atoms with Crippen molar-refractivity contribution >= 4 is 59.9 Å². The Balaban J connectivity index is 1.60. The standard InChI is InChI=1S/C19H17ClN4O5S2/c20-15-6-4-12(24(26)27)10-14(15)18(25)22-19-21-16-7-5-13(11-17(16)30-19)31(28,29)23-8-2-1-3-9-23/h4-7,10-11H,1-3,8-9H2,(H,21,22,25). The Morgan fingerprint density at radius 2 is 1.90 bits per heavy atom. The Morgan fingerprint density at radius 1 is 1.16 bits per heavy atom. The molecule has 1 fully saturated rings. The molecule has 2 aromatic carbocycles. The van der Waals surface area contributed by atoms with Gasteiger partial charge in [0.15, 0.2) is 5.13 Å². The number of carbonyl (C=O) groups is 1. The van der Waals surface area contributed by atoms with Crippen LogP contribution in [0.4, 0.5) is 10.8 Å². The van der Waals surface area contributed by atoms with Crippen LogP contribution in [0.25, 0.3) is 10.2 Å². The number of halogens is 1. The number of nitrogens with zero attached hydrogens (tertiary/aromatic N) is 3. The number of sulfonamides is 1. The highest BCUT2D eigenvalue weighted by molar-refractivity contribution is 7.89. The van der Waals surface area contributed by atoms with Crippen LogP contribution in [0, 0.1) is 10.1 Å². The second-order valence-corrected chi connectivity index (χ2v) is 10.4. The smallest absolute Gasteiger partial charge is 0.270 e. The molecule has 31 heavy (non-hydrogen) atoms. The van der Waals surface area contributed by atoms with Gasteiger partial charge in [0, 0.05) is 25.2 Å². The van der Waals surface area contributed by atoms with E-state index in [9.17, 15) is 23.3 Å². The largest absolute Gasteiger partial charge is 0.298 e. The molecule has 0 aliphatic carbocycles. The number of piperidine rings is 1. The summed E-state index contributed by atoms with van der Waals surface area (Å²) in [6.07, 6.45) is 2.72. The molecule has 1 aromatic heterocycles. The van der Waals surface area contributed by atoms with Crippen molar-refractivity contribution < 1.29 is 18.1 Å². The third-order valence-corrected chi connectivity index (χ3v) is 8.10. The van der Waals surface area contributed by atoms with Crippen molar-refractivity contribution in [3.05, 3.63) is 57.1 Å². The van der Waals surface area contributed by atoms with Crippen molar-refractivity contribution in [2.45, 2.75) is 24.2 Å². The molecule has 1 amide bonds. The van der Waals surface area contributed by atoms with Gasteiger partial charge in [-0.1, -0.05) is 29.4 Å². The predicted molar refractivity (Wildman–Crippen MR) is 118 cm³/mol. The zero-order chi connectivity index (χ0) is 22.2. The zero-order valence-corrected chi connectivity index (χ0v) is 18.5. The fraction of sp³-hybridized carbons (Fsp3) is 0.263. The Bertz CT molecular complexity index is 1290. The van der Waals surface area contributed by atoms with Crippen LogP contribution in [0.5, 0.6) is 0 Å². The van der Waals surface area contributed by atoms with Crippen LogP contribution in [0.2, 0.25) is 5.02 Å². The van der Waals surface area contributed by atoms with E-state index in [1.54, 1.807) is 12.1 Å². The first-order valence-corrected chi connectivity index (χ1v) is 12.1. The minimum atomic E-state index is -3.59. The van der Waals surface area contributed by atoms with Crippen molar-refractivity contribution in [3.8, 4) is 0 Å². The molecule has 0 unspecified atom stereocenters. The van der Waals surface area contributed by atoms with Crippen LogP contribution in [0.15, 0.2) is 41.3 Å². The van der Waals surface area contributed by atoms with Crippen molar-refractivity contribution in [1.82, 2.24) is 9.29 Å². The minimum Gasteiger partial charge on any atom is -0.298 e. The van der Waals surface area contributed by atoms with Gasteiger partial charge >= 0.3 is 0 Å². The van der Waals surface area contributed by atoms with Gasteiger partial charge in [-0.2, -0.15) is 4.31 Å². The van der Waals surface area contributed by atoms with E-state index in [4.69, 9.17) is 11.6 Å². The molecule has 1 aliphatic rings. The van der Waals surface area contributed by atoms with Gasteiger partial charge < -0.3 is 0 Å². The molecular weight excluding hydrogens is 464 g/mol. The van der Waals surface area contributed by atoms with Gasteiger partial charge in [-0.25, -0.2) is 13.4 Å². The lowest BCUT2D eigenvalue weighted by molar-refractivity contribution is -0.384. The van der Waals surface area contributed by atoms with Crippen LogP contribution in [-0.4, -0.2) is 41.6 Å². The van der Waals surface area contributed by atoms with Gasteiger partial charge in [0.25, 0.3) is 11.6 Å². The quantitative estimate of drug-likeness (QED) is 0.429. The van der Waals surface area contributed by atoms with Crippen molar-refractivity contribution in [3.63, 3.8) is 0 Å². The van der Waals surface area contributed by atoms with E-state index in [0.29, 0.717) is 23.3 Å². The molecule has 1 saturated heterocycles. The Kier molecular flexibility index (Phi) is 5.93. The van der Waals surface area contributed by atoms with Gasteiger partial charge in [-0.3, -0.25) is 20.2 Å². The van der Waals surface area contributed by atoms with E-state index < -0.39 is 20.9 Å². The van der Waals surface area contributed by atoms with E-state index >= 15 is 0 Å². The Labute approximate surface area is 186 Å². The number of benzene rings is 2. The molecular formula is C19H17ClN4O5S2. The summed E-state index contributed by atoms with van der Waals surface area (Å²) in [5.41, 5.74) is 0.220. The number of rotatable bonds is 5. The highest BCUT2D eigenvalue weighted by atomic mass is 35.5. The molecule has 0 spiro atoms. The minimum absolute atomic E-state index is 0.0523. The Hall–Kier alpha value is -2.60. The maximum atomic E-state index is 12.9. The lowest BCUT2D eigenvalue weighted by Crippen LogP contribution is -2.35. The van der Waals surface area contributed by atoms with Crippen molar-refractivity contribution in [2.75, 3.05) is 18.4 Å². The molecule has 3 aromatic rings. The summed E-state index contributed by atoms with van der Waals surface area (Å²) >= 11 is 7.12. The second kappa shape index (κ2) is 8.50. The van der Waals surface area contributed by atoms with Crippen LogP contribution < -0.4 is 5.32 Å². The topological polar surface area (TPSA) is 123 Å². The van der Waals surface area contributed by atoms with E-state index in [-0.39, 0.29) is 26.3 Å². The summed E-state index contributed by atoms with van der Waals surface area (Å²) in [6, 6.07) is 8.24. The predicted octanol–water partition coefficient (Wildman–Crippen LogP) is 4.28. The van der Waals surface area contributed by atoms with Gasteiger partial charge in [0.1, 0.15) is 0 Å². The van der Waals surface area contributed by atoms with Crippen molar-refractivity contribution in [1.29, 1.82) is 0 Å². The lowest BCUT2D eigenvalue weighted by atomic mass is 10.2. The first kappa shape index (κ1) is 21.6. The summed E-state index contributed by atoms with van der Waals surface area (Å²) in [5, 5.41) is 13.8. The number of anilines is 1. The zero-order valence-electron chi connectivity index (χ0n) is 16.1. The van der Waals surface area contributed by atoms with Gasteiger partial charge in [-0.05, 0) is 37.1 Å². The molecule has 9 nitrogen and oxygen atoms in total. The summed E-state index contributed by atoms with van der Waals surface area (Å²) in [7, 11) is -3.59. The van der Waals surface area contributed by atoms with Crippen LogP contribution >= 0.6 is 22.9 Å². The normalized spacial score (nSPS) is 15.1. The number of thiazole rings is 1. The van der Waals surface area contributed by atoms with E-state index in [2.05, 4.69) is 10.3 Å². The third kappa shape index (κ3) is 4.40. The number of nitrogens with one attached hydrogen (secondary N) is 1. The number of aromatic nitrogens is 1. The maximum absolute atomic E-state index is 12.9. The highest BCUT2D eigenvalue weighted by Gasteiger charge is 2.26. The maximum Gasteiger partial charge on any atom is 0.270 e. The van der Waals surface area contributed by atoms with E-state index in [0.717, 1.165) is 36.7 Å². The summed E-state index contributed by atoms with van der Waals surface area (Å²) in [6.45, 7) is 1.02. The molecule has 1 N–H and O–H groups in total. The molecule has 162 valence electrons. The first-order chi connectivity index (χ1) is 14.8. The summed E-state index contributed by atoms with van der Waals surface area (Å²) < 4.78 is 27.9. The summed E-state index contributed by atoms with van der Waals surface area (Å²) in [5.74, 6) is -0.645. The van der Waals surface area contributed by atoms with Gasteiger partial charge in [0.2, 0.25) is 10.0 Å². The number of fused-ring (bicyclic) bond motifs is 1. The van der Waals surface area contributed by atoms with Crippen molar-refractivity contribution in [2.24, 2.45) is 0 Å². The summed E-state index contributed by atoms with van der Waals surface area (Å²) in [4.78, 5) is 27.4. The molecule has 0 bridgehead atoms. The molecule has 0 saturated carbocycles. The molecule has 0 radical (unpaired) electrons. The SMILES string of the molecule is O=C(Nc1nc2ccc(S(=O)(=O)N3CCCCC3)cc2s1)c1cc([N+](=O)[O-])ccc1Cl. The number of hydrogen-bond acceptors (Lipinski definition) is 7. The van der Waals surface area contributed by atoms with Crippen LogP contribution in [-0.2, 0) is 10.0 Å². The molecule has 4 rings (SSSR count). The Morgan fingerprint density at radius 3 is 2.61 bits per heavy atom. The number of carbonyl (C=O) groups excluding carboxylic acids is 1. The van der Waals surface area contributed by atoms with Crippen LogP contribution in [0.1, 0.15) is 29.6 Å². The average molecular weight is 481 g/mol. The molecule has 12 heteroatoms. The van der Waals surface area contributed by atoms with Crippen LogP contribution in [0.3, 0.4) is 0 Å². The van der Waals surface area contributed by atoms with E-state index in [1.807, 2.05) is 0 Å².